The monoisotopic (exact) mass is 269 g/mol. The van der Waals surface area contributed by atoms with Crippen LogP contribution in [0.4, 0.5) is 12.7 Å². The molecule has 0 bridgehead atoms. The van der Waals surface area contributed by atoms with Crippen LogP contribution in [0.5, 0.6) is 0 Å². The topological polar surface area (TPSA) is 64.8 Å². The molecule has 1 aromatic rings. The fraction of sp³-hybridized carbons (Fsp3) is 0.750. The second-order valence-electron chi connectivity index (χ2n) is 3.90. The lowest BCUT2D eigenvalue weighted by molar-refractivity contribution is -0.0218. The number of aromatic nitrogens is 3. The Morgan fingerprint density at radius 1 is 1.41 bits per heavy atom. The van der Waals surface area contributed by atoms with E-state index in [1.165, 1.54) is 6.92 Å². The average molecular weight is 269 g/mol. The van der Waals surface area contributed by atoms with E-state index < -0.39 is 39.6 Å². The molecule has 5 nitrogen and oxygen atoms in total. The van der Waals surface area contributed by atoms with E-state index in [-0.39, 0.29) is 0 Å². The lowest BCUT2D eigenvalue weighted by Gasteiger charge is -2.14. The van der Waals surface area contributed by atoms with Gasteiger partial charge in [-0.1, -0.05) is 10.8 Å². The number of hydrogen-bond acceptors (Lipinski definition) is 4. The van der Waals surface area contributed by atoms with Crippen LogP contribution >= 0.6 is 0 Å². The first kappa shape index (κ1) is 12.3. The number of nitrogens with zero attached hydrogens (tertiary/aromatic N) is 3. The van der Waals surface area contributed by atoms with Crippen molar-refractivity contribution in [2.75, 3.05) is 0 Å². The van der Waals surface area contributed by atoms with Gasteiger partial charge in [-0.15, -0.1) is 10.2 Å². The summed E-state index contributed by atoms with van der Waals surface area (Å²) in [5, 5.41) is 5.14. The van der Waals surface area contributed by atoms with Gasteiger partial charge in [0.1, 0.15) is 0 Å². The first-order valence-corrected chi connectivity index (χ1v) is 6.43. The van der Waals surface area contributed by atoms with Crippen molar-refractivity contribution in [3.8, 4) is 0 Å². The van der Waals surface area contributed by atoms with E-state index in [1.807, 2.05) is 0 Å². The fourth-order valence-corrected chi connectivity index (χ4v) is 2.12. The minimum Gasteiger partial charge on any atom is -0.291 e. The highest BCUT2D eigenvalue weighted by Crippen LogP contribution is 2.42. The molecule has 0 N–H and O–H groups in total. The lowest BCUT2D eigenvalue weighted by atomic mass is 10.2. The smallest absolute Gasteiger partial charge is 0.291 e. The van der Waals surface area contributed by atoms with Crippen LogP contribution in [0.25, 0.3) is 0 Å². The summed E-state index contributed by atoms with van der Waals surface area (Å²) in [7, 11) is -5.13. The summed E-state index contributed by atoms with van der Waals surface area (Å²) in [5.74, 6) is -4.09. The summed E-state index contributed by atoms with van der Waals surface area (Å²) >= 11 is 0. The Hall–Kier alpha value is -1.12. The van der Waals surface area contributed by atoms with Crippen LogP contribution in [0.3, 0.4) is 0 Å². The third-order valence-electron chi connectivity index (χ3n) is 2.57. The maximum atomic E-state index is 13.5. The summed E-state index contributed by atoms with van der Waals surface area (Å²) in [6, 6.07) is -0.446. The molecule has 96 valence electrons. The number of rotatable bonds is 4. The molecule has 0 atom stereocenters. The van der Waals surface area contributed by atoms with Gasteiger partial charge in [0, 0.05) is 12.5 Å². The zero-order valence-corrected chi connectivity index (χ0v) is 9.72. The fourth-order valence-electron chi connectivity index (χ4n) is 1.51. The summed E-state index contributed by atoms with van der Waals surface area (Å²) in [5.41, 5.74) is 0. The van der Waals surface area contributed by atoms with Crippen molar-refractivity contribution >= 4 is 10.2 Å². The molecule has 0 aromatic carbocycles. The van der Waals surface area contributed by atoms with Crippen molar-refractivity contribution in [1.29, 1.82) is 0 Å². The van der Waals surface area contributed by atoms with Crippen LogP contribution in [-0.4, -0.2) is 23.2 Å². The third kappa shape index (κ3) is 2.15. The molecule has 0 radical (unpaired) electrons. The van der Waals surface area contributed by atoms with Crippen molar-refractivity contribution in [1.82, 2.24) is 14.8 Å². The molecule has 2 rings (SSSR count). The highest BCUT2D eigenvalue weighted by atomic mass is 32.3. The second-order valence-corrected chi connectivity index (χ2v) is 5.14. The third-order valence-corrected chi connectivity index (χ3v) is 3.28. The lowest BCUT2D eigenvalue weighted by Crippen LogP contribution is -2.20. The van der Waals surface area contributed by atoms with E-state index in [9.17, 15) is 21.1 Å². The van der Waals surface area contributed by atoms with Crippen molar-refractivity contribution in [3.05, 3.63) is 5.82 Å². The maximum Gasteiger partial charge on any atom is 0.368 e. The molecule has 17 heavy (non-hydrogen) atoms. The number of halogens is 3. The Labute approximate surface area is 95.9 Å². The van der Waals surface area contributed by atoms with E-state index in [1.54, 1.807) is 0 Å². The summed E-state index contributed by atoms with van der Waals surface area (Å²) in [6.07, 6.45) is 0.491. The first-order chi connectivity index (χ1) is 7.77. The molecular weight excluding hydrogens is 259 g/mol. The van der Waals surface area contributed by atoms with Gasteiger partial charge in [-0.2, -0.15) is 17.2 Å². The average Bonchev–Trinajstić information content (AvgIpc) is 2.94. The van der Waals surface area contributed by atoms with Gasteiger partial charge in [0.05, 0.1) is 0 Å². The predicted octanol–water partition coefficient (Wildman–Crippen LogP) is 1.77. The van der Waals surface area contributed by atoms with Gasteiger partial charge in [0.15, 0.2) is 0 Å². The molecule has 1 aromatic heterocycles. The van der Waals surface area contributed by atoms with E-state index in [2.05, 4.69) is 10.2 Å². The molecule has 0 aliphatic heterocycles. The van der Waals surface area contributed by atoms with E-state index in [4.69, 9.17) is 0 Å². The van der Waals surface area contributed by atoms with Crippen LogP contribution in [-0.2, 0) is 16.1 Å². The summed E-state index contributed by atoms with van der Waals surface area (Å²) < 4.78 is 62.1. The first-order valence-electron chi connectivity index (χ1n) is 5.05. The van der Waals surface area contributed by atoms with Crippen molar-refractivity contribution in [2.24, 2.45) is 0 Å². The Bertz CT molecular complexity index is 536. The van der Waals surface area contributed by atoms with Crippen LogP contribution in [0, 0.1) is 0 Å². The Kier molecular flexibility index (Phi) is 2.68. The Balaban J connectivity index is 2.59. The zero-order valence-electron chi connectivity index (χ0n) is 8.90. The van der Waals surface area contributed by atoms with Gasteiger partial charge in [0.2, 0.25) is 5.82 Å². The highest BCUT2D eigenvalue weighted by molar-refractivity contribution is 7.86. The second kappa shape index (κ2) is 3.69. The van der Waals surface area contributed by atoms with E-state index in [0.29, 0.717) is 17.4 Å². The summed E-state index contributed by atoms with van der Waals surface area (Å²) in [6.45, 7) is 1.23. The van der Waals surface area contributed by atoms with Crippen LogP contribution in [0.1, 0.15) is 38.1 Å². The Morgan fingerprint density at radius 3 is 2.41 bits per heavy atom. The van der Waals surface area contributed by atoms with Crippen molar-refractivity contribution < 1.29 is 21.1 Å². The summed E-state index contributed by atoms with van der Waals surface area (Å²) in [4.78, 5) is 0. The minimum absolute atomic E-state index is 0.446. The van der Waals surface area contributed by atoms with Gasteiger partial charge in [-0.05, 0) is 12.8 Å². The molecular formula is C8H10F3N3O2S. The Morgan fingerprint density at radius 2 is 2.00 bits per heavy atom. The minimum atomic E-state index is -5.13. The van der Waals surface area contributed by atoms with Crippen LogP contribution in [0.2, 0.25) is 0 Å². The van der Waals surface area contributed by atoms with E-state index >= 15 is 0 Å². The van der Waals surface area contributed by atoms with Gasteiger partial charge < -0.3 is 0 Å². The van der Waals surface area contributed by atoms with Crippen molar-refractivity contribution in [3.63, 3.8) is 0 Å². The SMILES string of the molecule is CCC(F)(F)c1nnc(S(=O)(=O)F)n1C1CC1. The van der Waals surface area contributed by atoms with Gasteiger partial charge in [0.25, 0.3) is 5.16 Å². The zero-order chi connectivity index (χ0) is 12.8. The normalized spacial score (nSPS) is 17.4. The molecule has 0 spiro atoms. The molecule has 1 aliphatic carbocycles. The van der Waals surface area contributed by atoms with Crippen molar-refractivity contribution in [2.45, 2.75) is 43.3 Å². The quantitative estimate of drug-likeness (QED) is 0.781. The molecule has 0 unspecified atom stereocenters. The largest absolute Gasteiger partial charge is 0.368 e. The number of alkyl halides is 2. The van der Waals surface area contributed by atoms with Crippen LogP contribution < -0.4 is 0 Å². The number of hydrogen-bond donors (Lipinski definition) is 0. The molecule has 9 heteroatoms. The molecule has 0 saturated heterocycles. The van der Waals surface area contributed by atoms with E-state index in [0.717, 1.165) is 0 Å². The molecule has 1 heterocycles. The maximum absolute atomic E-state index is 13.5. The highest BCUT2D eigenvalue weighted by Gasteiger charge is 2.43. The van der Waals surface area contributed by atoms with Gasteiger partial charge in [-0.25, -0.2) is 0 Å². The van der Waals surface area contributed by atoms with Gasteiger partial charge in [-0.3, -0.25) is 4.57 Å². The van der Waals surface area contributed by atoms with Gasteiger partial charge >= 0.3 is 16.1 Å². The molecule has 1 saturated carbocycles. The molecule has 1 fully saturated rings. The predicted molar refractivity (Wildman–Crippen MR) is 50.8 cm³/mol. The standard InChI is InChI=1S/C8H10F3N3O2S/c1-2-8(9,10)6-12-13-7(17(11,15)16)14(6)5-3-4-5/h5H,2-4H2,1H3. The molecule has 0 amide bonds. The molecule has 1 aliphatic rings. The van der Waals surface area contributed by atoms with Crippen LogP contribution in [0.15, 0.2) is 5.16 Å².